The van der Waals surface area contributed by atoms with Crippen molar-refractivity contribution in [3.05, 3.63) is 0 Å². The summed E-state index contributed by atoms with van der Waals surface area (Å²) >= 11 is 0. The fraction of sp³-hybridized carbons (Fsp3) is 0.714. The number of ether oxygens (including phenoxy) is 1. The fourth-order valence-electron chi connectivity index (χ4n) is 0.663. The second kappa shape index (κ2) is 4.80. The molecule has 0 amide bonds. The number of carbonyl (C=O) groups is 1. The van der Waals surface area contributed by atoms with Crippen LogP contribution in [0.4, 0.5) is 0 Å². The van der Waals surface area contributed by atoms with E-state index >= 15 is 0 Å². The molecule has 0 aromatic rings. The molecule has 0 N–H and O–H groups in total. The van der Waals surface area contributed by atoms with Gasteiger partial charge < -0.3 is 4.74 Å². The van der Waals surface area contributed by atoms with Gasteiger partial charge in [-0.1, -0.05) is 0 Å². The van der Waals surface area contributed by atoms with Crippen LogP contribution in [0.5, 0.6) is 0 Å². The summed E-state index contributed by atoms with van der Waals surface area (Å²) < 4.78 is 4.72. The Kier molecular flexibility index (Phi) is 4.30. The van der Waals surface area contributed by atoms with Crippen molar-refractivity contribution >= 4 is 5.97 Å². The minimum absolute atomic E-state index is 0.0486. The zero-order valence-electron chi connectivity index (χ0n) is 6.26. The maximum Gasteiger partial charge on any atom is 0.306 e. The van der Waals surface area contributed by atoms with Crippen molar-refractivity contribution in [1.82, 2.24) is 0 Å². The van der Waals surface area contributed by atoms with Gasteiger partial charge in [0.2, 0.25) is 0 Å². The largest absolute Gasteiger partial charge is 0.463 e. The van der Waals surface area contributed by atoms with E-state index in [4.69, 9.17) is 10.00 Å². The number of carbonyl (C=O) groups excluding carboxylic acids is 1. The molecule has 0 aromatic carbocycles. The van der Waals surface area contributed by atoms with Crippen molar-refractivity contribution < 1.29 is 9.53 Å². The average Bonchev–Trinajstić information content (AvgIpc) is 2.17. The smallest absolute Gasteiger partial charge is 0.306 e. The minimum atomic E-state index is -0.0486. The topological polar surface area (TPSA) is 50.1 Å². The summed E-state index contributed by atoms with van der Waals surface area (Å²) in [5.74, 6) is -0.0486. The van der Waals surface area contributed by atoms with Gasteiger partial charge in [-0.05, 0) is 13.3 Å². The Bertz CT molecular complexity index is 148. The molecule has 0 bridgehead atoms. The molecule has 1 saturated heterocycles. The predicted octanol–water partition coefficient (Wildman–Crippen LogP) is 1.24. The first-order chi connectivity index (χ1) is 4.70. The number of cyclic esters (lactones) is 1. The van der Waals surface area contributed by atoms with Crippen LogP contribution in [-0.2, 0) is 9.53 Å². The number of nitrogens with zero attached hydrogens (tertiary/aromatic N) is 1. The molecule has 56 valence electrons. The van der Waals surface area contributed by atoms with Crippen molar-refractivity contribution in [2.24, 2.45) is 0 Å². The van der Waals surface area contributed by atoms with Crippen molar-refractivity contribution in [3.63, 3.8) is 0 Å². The Balaban J connectivity index is 0.000000236. The maximum absolute atomic E-state index is 10.2. The van der Waals surface area contributed by atoms with Gasteiger partial charge in [-0.15, -0.1) is 0 Å². The van der Waals surface area contributed by atoms with Gasteiger partial charge in [-0.3, -0.25) is 4.79 Å². The van der Waals surface area contributed by atoms with Gasteiger partial charge in [0.05, 0.1) is 12.2 Å². The summed E-state index contributed by atoms with van der Waals surface area (Å²) in [6.07, 6.45) is 1.69. The summed E-state index contributed by atoms with van der Waals surface area (Å²) in [5.41, 5.74) is 0. The van der Waals surface area contributed by atoms with Gasteiger partial charge in [0.15, 0.2) is 0 Å². The molecule has 0 saturated carbocycles. The first-order valence-electron chi connectivity index (χ1n) is 3.21. The van der Waals surface area contributed by atoms with Crippen LogP contribution in [0.3, 0.4) is 0 Å². The number of nitriles is 1. The predicted molar refractivity (Wildman–Crippen MR) is 36.1 cm³/mol. The lowest BCUT2D eigenvalue weighted by molar-refractivity contribution is -0.140. The minimum Gasteiger partial charge on any atom is -0.463 e. The molecular weight excluding hydrogens is 130 g/mol. The highest BCUT2D eigenvalue weighted by Gasteiger charge is 2.17. The monoisotopic (exact) mass is 141 g/mol. The first-order valence-corrected chi connectivity index (χ1v) is 3.21. The highest BCUT2D eigenvalue weighted by molar-refractivity contribution is 5.71. The van der Waals surface area contributed by atoms with E-state index in [1.54, 1.807) is 6.07 Å². The van der Waals surface area contributed by atoms with E-state index in [1.165, 1.54) is 6.92 Å². The number of hydrogen-bond acceptors (Lipinski definition) is 3. The molecule has 0 spiro atoms. The molecule has 1 unspecified atom stereocenters. The van der Waals surface area contributed by atoms with Crippen molar-refractivity contribution in [3.8, 4) is 6.07 Å². The Labute approximate surface area is 60.6 Å². The molecule has 1 atom stereocenters. The molecule has 0 radical (unpaired) electrons. The van der Waals surface area contributed by atoms with E-state index in [-0.39, 0.29) is 12.1 Å². The Morgan fingerprint density at radius 3 is 2.40 bits per heavy atom. The van der Waals surface area contributed by atoms with Crippen LogP contribution in [0.2, 0.25) is 0 Å². The van der Waals surface area contributed by atoms with Crippen LogP contribution < -0.4 is 0 Å². The lowest BCUT2D eigenvalue weighted by Crippen LogP contribution is -1.98. The molecular formula is C7H11NO2. The Hall–Kier alpha value is -1.04. The van der Waals surface area contributed by atoms with Crippen molar-refractivity contribution in [2.45, 2.75) is 32.8 Å². The zero-order chi connectivity index (χ0) is 7.98. The highest BCUT2D eigenvalue weighted by Crippen LogP contribution is 2.11. The molecule has 1 rings (SSSR count). The molecule has 10 heavy (non-hydrogen) atoms. The fourth-order valence-corrected chi connectivity index (χ4v) is 0.663. The molecule has 3 nitrogen and oxygen atoms in total. The standard InChI is InChI=1S/C5H8O2.C2H3N/c1-4-2-3-5(6)7-4;1-2-3/h4H,2-3H2,1H3;1H3. The lowest BCUT2D eigenvalue weighted by Gasteiger charge is -1.95. The van der Waals surface area contributed by atoms with Gasteiger partial charge in [0, 0.05) is 13.3 Å². The molecule has 3 heteroatoms. The van der Waals surface area contributed by atoms with Crippen LogP contribution in [0.15, 0.2) is 0 Å². The van der Waals surface area contributed by atoms with E-state index in [9.17, 15) is 4.79 Å². The lowest BCUT2D eigenvalue weighted by atomic mass is 10.3. The van der Waals surface area contributed by atoms with E-state index < -0.39 is 0 Å². The molecule has 1 aliphatic heterocycles. The highest BCUT2D eigenvalue weighted by atomic mass is 16.5. The SMILES string of the molecule is CC#N.CC1CCC(=O)O1. The summed E-state index contributed by atoms with van der Waals surface area (Å²) in [5, 5.41) is 7.32. The van der Waals surface area contributed by atoms with Gasteiger partial charge in [0.25, 0.3) is 0 Å². The summed E-state index contributed by atoms with van der Waals surface area (Å²) in [6, 6.07) is 1.75. The molecule has 1 fully saturated rings. The first kappa shape index (κ1) is 8.96. The van der Waals surface area contributed by atoms with Gasteiger partial charge in [-0.25, -0.2) is 0 Å². The zero-order valence-corrected chi connectivity index (χ0v) is 6.26. The van der Waals surface area contributed by atoms with Crippen LogP contribution in [0.25, 0.3) is 0 Å². The molecule has 0 aromatic heterocycles. The van der Waals surface area contributed by atoms with Gasteiger partial charge in [-0.2, -0.15) is 5.26 Å². The third kappa shape index (κ3) is 3.90. The quantitative estimate of drug-likeness (QED) is 0.477. The van der Waals surface area contributed by atoms with E-state index in [2.05, 4.69) is 0 Å². The Morgan fingerprint density at radius 2 is 2.30 bits per heavy atom. The maximum atomic E-state index is 10.2. The van der Waals surface area contributed by atoms with Crippen LogP contribution in [0, 0.1) is 11.3 Å². The summed E-state index contributed by atoms with van der Waals surface area (Å²) in [4.78, 5) is 10.2. The van der Waals surface area contributed by atoms with Crippen LogP contribution in [-0.4, -0.2) is 12.1 Å². The van der Waals surface area contributed by atoms with Crippen molar-refractivity contribution in [1.29, 1.82) is 5.26 Å². The average molecular weight is 141 g/mol. The van der Waals surface area contributed by atoms with Crippen LogP contribution in [0.1, 0.15) is 26.7 Å². The third-order valence-electron chi connectivity index (χ3n) is 1.09. The second-order valence-corrected chi connectivity index (χ2v) is 2.06. The number of rotatable bonds is 0. The summed E-state index contributed by atoms with van der Waals surface area (Å²) in [6.45, 7) is 3.34. The van der Waals surface area contributed by atoms with E-state index in [0.29, 0.717) is 6.42 Å². The van der Waals surface area contributed by atoms with E-state index in [1.807, 2.05) is 6.92 Å². The summed E-state index contributed by atoms with van der Waals surface area (Å²) in [7, 11) is 0. The normalized spacial score (nSPS) is 22.1. The number of hydrogen-bond donors (Lipinski definition) is 0. The molecule has 1 heterocycles. The molecule has 0 aliphatic carbocycles. The second-order valence-electron chi connectivity index (χ2n) is 2.06. The van der Waals surface area contributed by atoms with Gasteiger partial charge in [0.1, 0.15) is 0 Å². The third-order valence-corrected chi connectivity index (χ3v) is 1.09. The van der Waals surface area contributed by atoms with Gasteiger partial charge >= 0.3 is 5.97 Å². The molecule has 1 aliphatic rings. The van der Waals surface area contributed by atoms with Crippen LogP contribution >= 0.6 is 0 Å². The Morgan fingerprint density at radius 1 is 1.80 bits per heavy atom. The van der Waals surface area contributed by atoms with Crippen molar-refractivity contribution in [2.75, 3.05) is 0 Å². The van der Waals surface area contributed by atoms with E-state index in [0.717, 1.165) is 6.42 Å². The number of esters is 1.